The molecule has 0 saturated heterocycles. The summed E-state index contributed by atoms with van der Waals surface area (Å²) in [5, 5.41) is 0. The zero-order valence-corrected chi connectivity index (χ0v) is 11.4. The number of rotatable bonds is 6. The Balaban J connectivity index is 4.08. The first-order valence-electron chi connectivity index (χ1n) is 5.17. The third-order valence-electron chi connectivity index (χ3n) is 3.09. The molecule has 0 heterocycles. The van der Waals surface area contributed by atoms with Crippen LogP contribution in [0.5, 0.6) is 0 Å². The van der Waals surface area contributed by atoms with Gasteiger partial charge in [-0.2, -0.15) is 11.8 Å². The summed E-state index contributed by atoms with van der Waals surface area (Å²) in [6.07, 6.45) is 2.14. The maximum Gasteiger partial charge on any atom is 0.0161 e. The van der Waals surface area contributed by atoms with E-state index in [4.69, 9.17) is 5.73 Å². The molecule has 0 aromatic heterocycles. The third kappa shape index (κ3) is 4.67. The Morgan fingerprint density at radius 3 is 2.07 bits per heavy atom. The first-order valence-corrected chi connectivity index (χ1v) is 6.56. The molecule has 0 aromatic rings. The monoisotopic (exact) mass is 218 g/mol. The van der Waals surface area contributed by atoms with Gasteiger partial charge in [-0.1, -0.05) is 13.8 Å². The maximum absolute atomic E-state index is 6.16. The SMILES string of the molecule is CSCCN(C)CC(C)(C)C(C)(C)N. The molecule has 14 heavy (non-hydrogen) atoms. The summed E-state index contributed by atoms with van der Waals surface area (Å²) in [6.45, 7) is 10.9. The van der Waals surface area contributed by atoms with Crippen molar-refractivity contribution in [3.8, 4) is 0 Å². The van der Waals surface area contributed by atoms with Crippen LogP contribution >= 0.6 is 11.8 Å². The van der Waals surface area contributed by atoms with Gasteiger partial charge in [-0.15, -0.1) is 0 Å². The quantitative estimate of drug-likeness (QED) is 0.740. The summed E-state index contributed by atoms with van der Waals surface area (Å²) in [4.78, 5) is 2.37. The minimum atomic E-state index is -0.124. The van der Waals surface area contributed by atoms with Gasteiger partial charge in [0.05, 0.1) is 0 Å². The van der Waals surface area contributed by atoms with E-state index in [1.807, 2.05) is 11.8 Å². The van der Waals surface area contributed by atoms with Gasteiger partial charge in [0, 0.05) is 24.4 Å². The number of hydrogen-bond acceptors (Lipinski definition) is 3. The zero-order valence-electron chi connectivity index (χ0n) is 10.6. The Labute approximate surface area is 93.6 Å². The van der Waals surface area contributed by atoms with Crippen molar-refractivity contribution < 1.29 is 0 Å². The van der Waals surface area contributed by atoms with Crippen molar-refractivity contribution in [3.63, 3.8) is 0 Å². The van der Waals surface area contributed by atoms with Gasteiger partial charge in [-0.25, -0.2) is 0 Å². The van der Waals surface area contributed by atoms with Crippen molar-refractivity contribution in [1.82, 2.24) is 4.90 Å². The lowest BCUT2D eigenvalue weighted by Crippen LogP contribution is -2.52. The van der Waals surface area contributed by atoms with Gasteiger partial charge in [-0.05, 0) is 32.6 Å². The molecule has 0 fully saturated rings. The molecule has 0 atom stereocenters. The summed E-state index contributed by atoms with van der Waals surface area (Å²) in [5.41, 5.74) is 6.19. The Morgan fingerprint density at radius 2 is 1.71 bits per heavy atom. The molecule has 2 nitrogen and oxygen atoms in total. The molecule has 0 bridgehead atoms. The Hall–Kier alpha value is 0.270. The van der Waals surface area contributed by atoms with E-state index in [1.165, 1.54) is 5.75 Å². The minimum absolute atomic E-state index is 0.124. The Kier molecular flexibility index (Phi) is 5.48. The van der Waals surface area contributed by atoms with Gasteiger partial charge in [-0.3, -0.25) is 0 Å². The third-order valence-corrected chi connectivity index (χ3v) is 3.68. The lowest BCUT2D eigenvalue weighted by atomic mass is 9.75. The van der Waals surface area contributed by atoms with E-state index in [1.54, 1.807) is 0 Å². The van der Waals surface area contributed by atoms with Crippen LogP contribution in [0.3, 0.4) is 0 Å². The Bertz CT molecular complexity index is 161. The van der Waals surface area contributed by atoms with Crippen LogP contribution < -0.4 is 5.73 Å². The second kappa shape index (κ2) is 5.38. The molecule has 86 valence electrons. The van der Waals surface area contributed by atoms with Crippen molar-refractivity contribution in [2.75, 3.05) is 32.1 Å². The summed E-state index contributed by atoms with van der Waals surface area (Å²) < 4.78 is 0. The fraction of sp³-hybridized carbons (Fsp3) is 1.00. The van der Waals surface area contributed by atoms with E-state index in [9.17, 15) is 0 Å². The van der Waals surface area contributed by atoms with Crippen LogP contribution in [0.2, 0.25) is 0 Å². The summed E-state index contributed by atoms with van der Waals surface area (Å²) in [7, 11) is 2.17. The van der Waals surface area contributed by atoms with Crippen LogP contribution in [0.4, 0.5) is 0 Å². The molecule has 0 aliphatic heterocycles. The van der Waals surface area contributed by atoms with Crippen LogP contribution in [0.25, 0.3) is 0 Å². The van der Waals surface area contributed by atoms with E-state index in [0.717, 1.165) is 13.1 Å². The van der Waals surface area contributed by atoms with Crippen LogP contribution in [-0.4, -0.2) is 42.6 Å². The molecule has 0 unspecified atom stereocenters. The highest BCUT2D eigenvalue weighted by molar-refractivity contribution is 7.98. The molecule has 0 aromatic carbocycles. The van der Waals surface area contributed by atoms with Gasteiger partial charge in [0.1, 0.15) is 0 Å². The largest absolute Gasteiger partial charge is 0.325 e. The second-order valence-electron chi connectivity index (χ2n) is 5.34. The first-order chi connectivity index (χ1) is 6.20. The fourth-order valence-corrected chi connectivity index (χ4v) is 1.70. The molecule has 0 amide bonds. The van der Waals surface area contributed by atoms with E-state index in [0.29, 0.717) is 0 Å². The molecular formula is C11H26N2S. The van der Waals surface area contributed by atoms with E-state index in [-0.39, 0.29) is 11.0 Å². The smallest absolute Gasteiger partial charge is 0.0161 e. The summed E-state index contributed by atoms with van der Waals surface area (Å²) >= 11 is 1.89. The first kappa shape index (κ1) is 14.3. The van der Waals surface area contributed by atoms with Crippen LogP contribution in [0.15, 0.2) is 0 Å². The maximum atomic E-state index is 6.16. The highest BCUT2D eigenvalue weighted by atomic mass is 32.2. The fourth-order valence-electron chi connectivity index (χ4n) is 1.20. The molecule has 0 rings (SSSR count). The average Bonchev–Trinajstić information content (AvgIpc) is 1.97. The normalized spacial score (nSPS) is 13.7. The predicted octanol–water partition coefficient (Wildman–Crippen LogP) is 2.04. The summed E-state index contributed by atoms with van der Waals surface area (Å²) in [5.74, 6) is 1.19. The van der Waals surface area contributed by atoms with Gasteiger partial charge in [0.15, 0.2) is 0 Å². The number of nitrogens with zero attached hydrogens (tertiary/aromatic N) is 1. The van der Waals surface area contributed by atoms with Crippen molar-refractivity contribution >= 4 is 11.8 Å². The molecule has 2 N–H and O–H groups in total. The average molecular weight is 218 g/mol. The lowest BCUT2D eigenvalue weighted by Gasteiger charge is -2.41. The number of nitrogens with two attached hydrogens (primary N) is 1. The molecule has 0 radical (unpaired) electrons. The van der Waals surface area contributed by atoms with Crippen LogP contribution in [0, 0.1) is 5.41 Å². The highest BCUT2D eigenvalue weighted by Crippen LogP contribution is 2.28. The minimum Gasteiger partial charge on any atom is -0.325 e. The lowest BCUT2D eigenvalue weighted by molar-refractivity contribution is 0.134. The van der Waals surface area contributed by atoms with E-state index < -0.39 is 0 Å². The molecule has 0 aliphatic rings. The zero-order chi connectivity index (χ0) is 11.4. The topological polar surface area (TPSA) is 29.3 Å². The molecule has 3 heteroatoms. The number of thioether (sulfide) groups is 1. The van der Waals surface area contributed by atoms with Crippen molar-refractivity contribution in [3.05, 3.63) is 0 Å². The summed E-state index contributed by atoms with van der Waals surface area (Å²) in [6, 6.07) is 0. The molecule has 0 spiro atoms. The van der Waals surface area contributed by atoms with Crippen LogP contribution in [0.1, 0.15) is 27.7 Å². The van der Waals surface area contributed by atoms with E-state index >= 15 is 0 Å². The van der Waals surface area contributed by atoms with Gasteiger partial charge in [0.2, 0.25) is 0 Å². The van der Waals surface area contributed by atoms with Crippen molar-refractivity contribution in [2.45, 2.75) is 33.2 Å². The Morgan fingerprint density at radius 1 is 1.21 bits per heavy atom. The molecular weight excluding hydrogens is 192 g/mol. The molecule has 0 saturated carbocycles. The van der Waals surface area contributed by atoms with Crippen molar-refractivity contribution in [1.29, 1.82) is 0 Å². The highest BCUT2D eigenvalue weighted by Gasteiger charge is 2.33. The second-order valence-corrected chi connectivity index (χ2v) is 6.32. The van der Waals surface area contributed by atoms with Crippen molar-refractivity contribution in [2.24, 2.45) is 11.1 Å². The number of hydrogen-bond donors (Lipinski definition) is 1. The van der Waals surface area contributed by atoms with Gasteiger partial charge >= 0.3 is 0 Å². The molecule has 0 aliphatic carbocycles. The van der Waals surface area contributed by atoms with Gasteiger partial charge < -0.3 is 10.6 Å². The predicted molar refractivity (Wildman–Crippen MR) is 67.9 cm³/mol. The standard InChI is InChI=1S/C11H26N2S/c1-10(2,11(3,4)12)9-13(5)7-8-14-6/h7-9,12H2,1-6H3. The van der Waals surface area contributed by atoms with E-state index in [2.05, 4.69) is 45.9 Å². The van der Waals surface area contributed by atoms with Gasteiger partial charge in [0.25, 0.3) is 0 Å². The van der Waals surface area contributed by atoms with Crippen LogP contribution in [-0.2, 0) is 0 Å².